The summed E-state index contributed by atoms with van der Waals surface area (Å²) in [6, 6.07) is 12.9. The van der Waals surface area contributed by atoms with Crippen molar-refractivity contribution in [3.63, 3.8) is 0 Å². The Bertz CT molecular complexity index is 1050. The van der Waals surface area contributed by atoms with Crippen molar-refractivity contribution in [2.75, 3.05) is 18.9 Å². The predicted molar refractivity (Wildman–Crippen MR) is 113 cm³/mol. The first-order valence-corrected chi connectivity index (χ1v) is 9.50. The highest BCUT2D eigenvalue weighted by Crippen LogP contribution is 2.31. The molecule has 1 aromatic heterocycles. The molecule has 150 valence electrons. The second-order valence-corrected chi connectivity index (χ2v) is 7.33. The predicted octanol–water partition coefficient (Wildman–Crippen LogP) is 4.63. The Hall–Kier alpha value is -3.12. The molecule has 2 amide bonds. The Balaban J connectivity index is 1.80. The van der Waals surface area contributed by atoms with Crippen LogP contribution in [0.25, 0.3) is 11.3 Å². The molecule has 0 radical (unpaired) electrons. The molecule has 0 unspecified atom stereocenters. The van der Waals surface area contributed by atoms with E-state index in [4.69, 9.17) is 16.1 Å². The lowest BCUT2D eigenvalue weighted by atomic mass is 10.1. The Labute approximate surface area is 174 Å². The van der Waals surface area contributed by atoms with Crippen LogP contribution in [0.1, 0.15) is 27.2 Å². The molecule has 0 fully saturated rings. The number of likely N-dealkylation sites (N-methyl/N-ethyl adjacent to an activating group) is 1. The molecule has 3 aromatic rings. The number of halogens is 1. The molecular formula is C22H22ClN3O3. The molecule has 0 saturated heterocycles. The van der Waals surface area contributed by atoms with E-state index in [-0.39, 0.29) is 18.4 Å². The minimum Gasteiger partial charge on any atom is -0.360 e. The molecular weight excluding hydrogens is 390 g/mol. The van der Waals surface area contributed by atoms with E-state index in [1.807, 2.05) is 32.0 Å². The maximum atomic E-state index is 13.1. The first-order chi connectivity index (χ1) is 13.8. The van der Waals surface area contributed by atoms with Crippen LogP contribution in [0.2, 0.25) is 5.02 Å². The number of nitrogens with zero attached hydrogens (tertiary/aromatic N) is 2. The van der Waals surface area contributed by atoms with E-state index >= 15 is 0 Å². The van der Waals surface area contributed by atoms with Crippen LogP contribution in [0.3, 0.4) is 0 Å². The quantitative estimate of drug-likeness (QED) is 0.664. The van der Waals surface area contributed by atoms with Gasteiger partial charge in [0.05, 0.1) is 11.6 Å². The van der Waals surface area contributed by atoms with E-state index in [1.54, 1.807) is 38.2 Å². The molecule has 0 spiro atoms. The number of para-hydroxylation sites is 1. The lowest BCUT2D eigenvalue weighted by molar-refractivity contribution is -0.116. The van der Waals surface area contributed by atoms with E-state index in [0.29, 0.717) is 27.6 Å². The third kappa shape index (κ3) is 4.32. The van der Waals surface area contributed by atoms with Gasteiger partial charge in [-0.1, -0.05) is 53.2 Å². The Morgan fingerprint density at radius 1 is 1.07 bits per heavy atom. The average Bonchev–Trinajstić information content (AvgIpc) is 3.05. The number of aryl methyl sites for hydroxylation is 3. The highest BCUT2D eigenvalue weighted by molar-refractivity contribution is 6.33. The van der Waals surface area contributed by atoms with E-state index < -0.39 is 0 Å². The second kappa shape index (κ2) is 8.49. The number of aromatic nitrogens is 1. The van der Waals surface area contributed by atoms with Gasteiger partial charge < -0.3 is 14.7 Å². The van der Waals surface area contributed by atoms with Gasteiger partial charge in [0, 0.05) is 18.3 Å². The van der Waals surface area contributed by atoms with Gasteiger partial charge in [-0.05, 0) is 38.0 Å². The fraction of sp³-hybridized carbons (Fsp3) is 0.227. The summed E-state index contributed by atoms with van der Waals surface area (Å²) in [6.45, 7) is 5.39. The largest absolute Gasteiger partial charge is 0.360 e. The monoisotopic (exact) mass is 411 g/mol. The minimum atomic E-state index is -0.365. The normalized spacial score (nSPS) is 10.7. The number of hydrogen-bond donors (Lipinski definition) is 1. The van der Waals surface area contributed by atoms with E-state index in [2.05, 4.69) is 10.5 Å². The van der Waals surface area contributed by atoms with E-state index in [1.165, 1.54) is 4.90 Å². The zero-order valence-corrected chi connectivity index (χ0v) is 17.5. The van der Waals surface area contributed by atoms with Gasteiger partial charge in [0.2, 0.25) is 5.91 Å². The standard InChI is InChI=1S/C22H22ClN3O3/c1-13-8-7-9-14(2)20(13)24-18(27)12-26(4)22(28)19-15(3)29-25-21(19)16-10-5-6-11-17(16)23/h5-11H,12H2,1-4H3,(H,24,27). The summed E-state index contributed by atoms with van der Waals surface area (Å²) in [5.41, 5.74) is 3.94. The SMILES string of the molecule is Cc1cccc(C)c1NC(=O)CN(C)C(=O)c1c(-c2ccccc2Cl)noc1C. The number of benzene rings is 2. The van der Waals surface area contributed by atoms with Crippen molar-refractivity contribution in [3.8, 4) is 11.3 Å². The van der Waals surface area contributed by atoms with Crippen LogP contribution in [-0.4, -0.2) is 35.5 Å². The molecule has 0 atom stereocenters. The third-order valence-electron chi connectivity index (χ3n) is 4.68. The average molecular weight is 412 g/mol. The maximum absolute atomic E-state index is 13.1. The lowest BCUT2D eigenvalue weighted by Gasteiger charge is -2.18. The van der Waals surface area contributed by atoms with Gasteiger partial charge in [0.1, 0.15) is 17.0 Å². The van der Waals surface area contributed by atoms with Gasteiger partial charge in [-0.15, -0.1) is 0 Å². The van der Waals surface area contributed by atoms with Crippen molar-refractivity contribution in [2.45, 2.75) is 20.8 Å². The molecule has 29 heavy (non-hydrogen) atoms. The number of amides is 2. The third-order valence-corrected chi connectivity index (χ3v) is 5.01. The zero-order chi connectivity index (χ0) is 21.1. The molecule has 2 aromatic carbocycles. The van der Waals surface area contributed by atoms with Crippen LogP contribution in [-0.2, 0) is 4.79 Å². The molecule has 6 nitrogen and oxygen atoms in total. The second-order valence-electron chi connectivity index (χ2n) is 6.92. The Morgan fingerprint density at radius 2 is 1.72 bits per heavy atom. The molecule has 0 saturated carbocycles. The van der Waals surface area contributed by atoms with Gasteiger partial charge >= 0.3 is 0 Å². The molecule has 0 aliphatic heterocycles. The van der Waals surface area contributed by atoms with Gasteiger partial charge in [-0.2, -0.15) is 0 Å². The number of rotatable bonds is 5. The van der Waals surface area contributed by atoms with Gasteiger partial charge in [-0.3, -0.25) is 9.59 Å². The van der Waals surface area contributed by atoms with Crippen molar-refractivity contribution in [1.29, 1.82) is 0 Å². The summed E-state index contributed by atoms with van der Waals surface area (Å²) >= 11 is 6.26. The molecule has 0 aliphatic rings. The number of carbonyl (C=O) groups is 2. The van der Waals surface area contributed by atoms with Crippen molar-refractivity contribution in [3.05, 3.63) is 69.9 Å². The smallest absolute Gasteiger partial charge is 0.259 e. The van der Waals surface area contributed by atoms with Gasteiger partial charge in [-0.25, -0.2) is 0 Å². The number of nitrogens with one attached hydrogen (secondary N) is 1. The topological polar surface area (TPSA) is 75.4 Å². The first kappa shape index (κ1) is 20.6. The van der Waals surface area contributed by atoms with Crippen LogP contribution >= 0.6 is 11.6 Å². The summed E-state index contributed by atoms with van der Waals surface area (Å²) in [5, 5.41) is 7.36. The maximum Gasteiger partial charge on any atom is 0.259 e. The molecule has 7 heteroatoms. The van der Waals surface area contributed by atoms with Crippen LogP contribution in [0.15, 0.2) is 47.0 Å². The minimum absolute atomic E-state index is 0.112. The highest BCUT2D eigenvalue weighted by atomic mass is 35.5. The summed E-state index contributed by atoms with van der Waals surface area (Å²) in [4.78, 5) is 26.9. The summed E-state index contributed by atoms with van der Waals surface area (Å²) in [5.74, 6) is -0.283. The lowest BCUT2D eigenvalue weighted by Crippen LogP contribution is -2.35. The van der Waals surface area contributed by atoms with Crippen molar-refractivity contribution in [2.24, 2.45) is 0 Å². The molecule has 0 aliphatic carbocycles. The fourth-order valence-electron chi connectivity index (χ4n) is 3.13. The Morgan fingerprint density at radius 3 is 2.38 bits per heavy atom. The summed E-state index contributed by atoms with van der Waals surface area (Å²) in [6.07, 6.45) is 0. The highest BCUT2D eigenvalue weighted by Gasteiger charge is 2.26. The molecule has 3 rings (SSSR count). The van der Waals surface area contributed by atoms with Crippen LogP contribution in [0, 0.1) is 20.8 Å². The number of carbonyl (C=O) groups excluding carboxylic acids is 2. The molecule has 1 N–H and O–H groups in total. The fourth-order valence-corrected chi connectivity index (χ4v) is 3.35. The number of anilines is 1. The van der Waals surface area contributed by atoms with Crippen molar-refractivity contribution in [1.82, 2.24) is 10.1 Å². The van der Waals surface area contributed by atoms with Gasteiger partial charge in [0.25, 0.3) is 5.91 Å². The zero-order valence-electron chi connectivity index (χ0n) is 16.7. The van der Waals surface area contributed by atoms with Crippen LogP contribution in [0.4, 0.5) is 5.69 Å². The summed E-state index contributed by atoms with van der Waals surface area (Å²) in [7, 11) is 1.56. The summed E-state index contributed by atoms with van der Waals surface area (Å²) < 4.78 is 5.25. The first-order valence-electron chi connectivity index (χ1n) is 9.12. The van der Waals surface area contributed by atoms with Gasteiger partial charge in [0.15, 0.2) is 0 Å². The molecule has 1 heterocycles. The van der Waals surface area contributed by atoms with Crippen molar-refractivity contribution >= 4 is 29.1 Å². The Kier molecular flexibility index (Phi) is 6.03. The van der Waals surface area contributed by atoms with Crippen molar-refractivity contribution < 1.29 is 14.1 Å². The van der Waals surface area contributed by atoms with Crippen LogP contribution in [0.5, 0.6) is 0 Å². The van der Waals surface area contributed by atoms with E-state index in [9.17, 15) is 9.59 Å². The number of hydrogen-bond acceptors (Lipinski definition) is 4. The van der Waals surface area contributed by atoms with E-state index in [0.717, 1.165) is 16.8 Å². The van der Waals surface area contributed by atoms with Crippen LogP contribution < -0.4 is 5.32 Å². The molecule has 0 bridgehead atoms.